The molecule has 1 saturated carbocycles. The Morgan fingerprint density at radius 1 is 1.21 bits per heavy atom. The molecule has 144 valence electrons. The van der Waals surface area contributed by atoms with Gasteiger partial charge >= 0.3 is 0 Å². The highest BCUT2D eigenvalue weighted by Crippen LogP contribution is 2.58. The van der Waals surface area contributed by atoms with Gasteiger partial charge in [-0.1, -0.05) is 27.2 Å². The molecule has 1 spiro atoms. The molecule has 0 atom stereocenters. The van der Waals surface area contributed by atoms with Gasteiger partial charge in [0.25, 0.3) is 0 Å². The lowest BCUT2D eigenvalue weighted by atomic mass is 9.79. The first-order valence-corrected chi connectivity index (χ1v) is 10.5. The first kappa shape index (κ1) is 17.9. The minimum Gasteiger partial charge on any atom is -0.495 e. The van der Waals surface area contributed by atoms with Gasteiger partial charge in [-0.15, -0.1) is 0 Å². The number of anilines is 1. The van der Waals surface area contributed by atoms with E-state index in [2.05, 4.69) is 49.0 Å². The number of benzene rings is 1. The van der Waals surface area contributed by atoms with Crippen LogP contribution in [0, 0.1) is 0 Å². The molecule has 28 heavy (non-hydrogen) atoms. The lowest BCUT2D eigenvalue weighted by Gasteiger charge is -2.24. The van der Waals surface area contributed by atoms with E-state index in [0.29, 0.717) is 11.6 Å². The number of aromatic nitrogens is 2. The molecule has 0 saturated heterocycles. The van der Waals surface area contributed by atoms with E-state index in [0.717, 1.165) is 38.5 Å². The summed E-state index contributed by atoms with van der Waals surface area (Å²) in [5.41, 5.74) is 3.85. The molecular formula is C20H18BrN3O3S. The first-order chi connectivity index (χ1) is 13.6. The van der Waals surface area contributed by atoms with Crippen molar-refractivity contribution in [2.75, 3.05) is 18.9 Å². The highest BCUT2D eigenvalue weighted by atomic mass is 79.9. The van der Waals surface area contributed by atoms with E-state index >= 15 is 0 Å². The summed E-state index contributed by atoms with van der Waals surface area (Å²) >= 11 is 4.95. The third kappa shape index (κ3) is 2.78. The number of methoxy groups -OCH3 is 2. The van der Waals surface area contributed by atoms with Gasteiger partial charge in [-0.2, -0.15) is 0 Å². The van der Waals surface area contributed by atoms with E-state index in [4.69, 9.17) is 14.0 Å². The van der Waals surface area contributed by atoms with E-state index in [1.807, 2.05) is 0 Å². The standard InChI is InChI=1S/C20H18BrN3O3S/c1-25-15-5-8-22-19(26-2)17(15)28-24-18-13-10-20(6-7-20)14-4-3-11(21)9-12(14)16(13)27-23-18/h3-5,8-9H,6-7,10H2,1-2H3,(H,23,24). The van der Waals surface area contributed by atoms with Crippen LogP contribution in [0.1, 0.15) is 24.0 Å². The quantitative estimate of drug-likeness (QED) is 0.524. The van der Waals surface area contributed by atoms with E-state index in [9.17, 15) is 0 Å². The summed E-state index contributed by atoms with van der Waals surface area (Å²) in [6.07, 6.45) is 4.99. The summed E-state index contributed by atoms with van der Waals surface area (Å²) in [5, 5.41) is 4.32. The maximum atomic E-state index is 5.77. The van der Waals surface area contributed by atoms with Crippen molar-refractivity contribution in [3.05, 3.63) is 46.1 Å². The van der Waals surface area contributed by atoms with Gasteiger partial charge in [0.05, 0.1) is 14.2 Å². The fourth-order valence-corrected chi connectivity index (χ4v) is 5.07. The smallest absolute Gasteiger partial charge is 0.232 e. The van der Waals surface area contributed by atoms with E-state index in [1.54, 1.807) is 26.5 Å². The lowest BCUT2D eigenvalue weighted by Crippen LogP contribution is -2.17. The second-order valence-electron chi connectivity index (χ2n) is 7.04. The van der Waals surface area contributed by atoms with E-state index < -0.39 is 0 Å². The number of halogens is 1. The van der Waals surface area contributed by atoms with Crippen molar-refractivity contribution in [3.63, 3.8) is 0 Å². The van der Waals surface area contributed by atoms with Crippen molar-refractivity contribution >= 4 is 33.7 Å². The highest BCUT2D eigenvalue weighted by Gasteiger charge is 2.50. The molecule has 1 N–H and O–H groups in total. The zero-order valence-electron chi connectivity index (χ0n) is 15.4. The summed E-state index contributed by atoms with van der Waals surface area (Å²) in [7, 11) is 3.22. The summed E-state index contributed by atoms with van der Waals surface area (Å²) in [4.78, 5) is 5.02. The van der Waals surface area contributed by atoms with Crippen LogP contribution in [0.5, 0.6) is 11.6 Å². The SMILES string of the molecule is COc1ccnc(OC)c1SNc1noc2c1CC1(CC1)c1ccc(Br)cc1-2. The number of nitrogens with one attached hydrogen (secondary N) is 1. The van der Waals surface area contributed by atoms with Crippen LogP contribution in [-0.4, -0.2) is 24.4 Å². The molecule has 0 radical (unpaired) electrons. The number of nitrogens with zero attached hydrogens (tertiary/aromatic N) is 2. The average Bonchev–Trinajstić information content (AvgIpc) is 3.37. The summed E-state index contributed by atoms with van der Waals surface area (Å²) in [6.45, 7) is 0. The molecule has 1 fully saturated rings. The number of fused-ring (bicyclic) bond motifs is 4. The molecule has 0 aliphatic heterocycles. The number of pyridine rings is 1. The maximum absolute atomic E-state index is 5.77. The van der Waals surface area contributed by atoms with Crippen LogP contribution < -0.4 is 14.2 Å². The van der Waals surface area contributed by atoms with Crippen molar-refractivity contribution in [2.45, 2.75) is 29.6 Å². The van der Waals surface area contributed by atoms with Crippen LogP contribution in [0.25, 0.3) is 11.3 Å². The van der Waals surface area contributed by atoms with Gasteiger partial charge in [-0.3, -0.25) is 0 Å². The Balaban J connectivity index is 1.50. The third-order valence-electron chi connectivity index (χ3n) is 5.45. The number of hydrogen-bond acceptors (Lipinski definition) is 7. The summed E-state index contributed by atoms with van der Waals surface area (Å²) < 4.78 is 21.0. The largest absolute Gasteiger partial charge is 0.495 e. The molecule has 0 bridgehead atoms. The molecule has 6 nitrogen and oxygen atoms in total. The summed E-state index contributed by atoms with van der Waals surface area (Å²) in [5.74, 6) is 2.78. The van der Waals surface area contributed by atoms with Crippen molar-refractivity contribution < 1.29 is 14.0 Å². The molecule has 0 amide bonds. The predicted molar refractivity (Wildman–Crippen MR) is 111 cm³/mol. The Morgan fingerprint density at radius 2 is 2.07 bits per heavy atom. The predicted octanol–water partition coefficient (Wildman–Crippen LogP) is 5.22. The Hall–Kier alpha value is -2.19. The molecular weight excluding hydrogens is 442 g/mol. The highest BCUT2D eigenvalue weighted by molar-refractivity contribution is 9.10. The molecule has 8 heteroatoms. The second-order valence-corrected chi connectivity index (χ2v) is 8.77. The minimum absolute atomic E-state index is 0.222. The minimum atomic E-state index is 0.222. The van der Waals surface area contributed by atoms with Gasteiger partial charge in [0.1, 0.15) is 10.6 Å². The number of rotatable bonds is 5. The zero-order chi connectivity index (χ0) is 19.3. The monoisotopic (exact) mass is 459 g/mol. The number of hydrogen-bond donors (Lipinski definition) is 1. The average molecular weight is 460 g/mol. The van der Waals surface area contributed by atoms with Crippen LogP contribution in [0.15, 0.2) is 44.4 Å². The topological polar surface area (TPSA) is 69.4 Å². The molecule has 2 aliphatic carbocycles. The van der Waals surface area contributed by atoms with Crippen LogP contribution in [0.4, 0.5) is 5.82 Å². The van der Waals surface area contributed by atoms with Crippen LogP contribution >= 0.6 is 27.9 Å². The van der Waals surface area contributed by atoms with E-state index in [1.165, 1.54) is 30.4 Å². The Kier molecular flexibility index (Phi) is 4.28. The third-order valence-corrected chi connectivity index (χ3v) is 6.82. The van der Waals surface area contributed by atoms with Gasteiger partial charge in [-0.05, 0) is 55.0 Å². The van der Waals surface area contributed by atoms with Gasteiger partial charge in [0, 0.05) is 27.2 Å². The number of ether oxygens (including phenoxy) is 2. The van der Waals surface area contributed by atoms with E-state index in [-0.39, 0.29) is 5.41 Å². The normalized spacial score (nSPS) is 15.7. The molecule has 2 heterocycles. The summed E-state index contributed by atoms with van der Waals surface area (Å²) in [6, 6.07) is 8.25. The molecule has 0 unspecified atom stereocenters. The van der Waals surface area contributed by atoms with Gasteiger partial charge < -0.3 is 18.7 Å². The fourth-order valence-electron chi connectivity index (χ4n) is 3.87. The first-order valence-electron chi connectivity index (χ1n) is 8.94. The maximum Gasteiger partial charge on any atom is 0.232 e. The van der Waals surface area contributed by atoms with Crippen molar-refractivity contribution in [2.24, 2.45) is 0 Å². The Bertz CT molecular complexity index is 1040. The van der Waals surface area contributed by atoms with Crippen molar-refractivity contribution in [3.8, 4) is 23.0 Å². The fraction of sp³-hybridized carbons (Fsp3) is 0.300. The second kappa shape index (κ2) is 6.70. The zero-order valence-corrected chi connectivity index (χ0v) is 17.8. The molecule has 2 aliphatic rings. The van der Waals surface area contributed by atoms with Crippen LogP contribution in [-0.2, 0) is 11.8 Å². The molecule has 1 aromatic carbocycles. The molecule has 2 aromatic heterocycles. The lowest BCUT2D eigenvalue weighted by molar-refractivity contribution is 0.364. The van der Waals surface area contributed by atoms with Gasteiger partial charge in [0.15, 0.2) is 11.6 Å². The van der Waals surface area contributed by atoms with Crippen LogP contribution in [0.2, 0.25) is 0 Å². The molecule has 5 rings (SSSR count). The van der Waals surface area contributed by atoms with Crippen LogP contribution in [0.3, 0.4) is 0 Å². The Morgan fingerprint density at radius 3 is 2.82 bits per heavy atom. The van der Waals surface area contributed by atoms with Gasteiger partial charge in [0.2, 0.25) is 5.88 Å². The van der Waals surface area contributed by atoms with Gasteiger partial charge in [-0.25, -0.2) is 4.98 Å². The molecule has 3 aromatic rings. The van der Waals surface area contributed by atoms with Crippen molar-refractivity contribution in [1.82, 2.24) is 10.1 Å². The van der Waals surface area contributed by atoms with Crippen molar-refractivity contribution in [1.29, 1.82) is 0 Å². The Labute approximate surface area is 175 Å².